The molecule has 1 saturated carbocycles. The van der Waals surface area contributed by atoms with Crippen molar-refractivity contribution in [3.8, 4) is 0 Å². The zero-order chi connectivity index (χ0) is 15.2. The molecule has 0 heterocycles. The van der Waals surface area contributed by atoms with Crippen LogP contribution in [0.25, 0.3) is 0 Å². The summed E-state index contributed by atoms with van der Waals surface area (Å²) >= 11 is 0. The van der Waals surface area contributed by atoms with E-state index in [2.05, 4.69) is 42.3 Å². The lowest BCUT2D eigenvalue weighted by atomic mass is 10.1. The van der Waals surface area contributed by atoms with Gasteiger partial charge in [0.1, 0.15) is 0 Å². The molecular formula is C17H27N3O. The minimum atomic E-state index is -0.253. The summed E-state index contributed by atoms with van der Waals surface area (Å²) < 4.78 is 0. The number of hydrogen-bond donors (Lipinski definition) is 2. The van der Waals surface area contributed by atoms with Crippen LogP contribution >= 0.6 is 0 Å². The summed E-state index contributed by atoms with van der Waals surface area (Å²) in [5.74, 6) is -0.253. The highest BCUT2D eigenvalue weighted by molar-refractivity contribution is 5.79. The highest BCUT2D eigenvalue weighted by Crippen LogP contribution is 2.29. The fourth-order valence-corrected chi connectivity index (χ4v) is 3.13. The standard InChI is InChI=1S/C17H27N3O/c1-3-19-11-14-8-9-16(10-13(14)2)20(12-17(18)21)15-6-4-5-7-15/h8-10,15,19H,3-7,11-12H2,1-2H3,(H2,18,21). The van der Waals surface area contributed by atoms with Crippen molar-refractivity contribution in [3.05, 3.63) is 29.3 Å². The lowest BCUT2D eigenvalue weighted by Crippen LogP contribution is -2.40. The molecule has 0 saturated heterocycles. The molecule has 0 aromatic heterocycles. The second kappa shape index (κ2) is 7.46. The minimum Gasteiger partial charge on any atom is -0.368 e. The van der Waals surface area contributed by atoms with Gasteiger partial charge in [-0.3, -0.25) is 4.79 Å². The van der Waals surface area contributed by atoms with Crippen LogP contribution in [-0.2, 0) is 11.3 Å². The third-order valence-electron chi connectivity index (χ3n) is 4.31. The van der Waals surface area contributed by atoms with E-state index in [4.69, 9.17) is 5.73 Å². The molecule has 0 spiro atoms. The second-order valence-corrected chi connectivity index (χ2v) is 5.92. The molecule has 1 aromatic carbocycles. The second-order valence-electron chi connectivity index (χ2n) is 5.92. The number of hydrogen-bond acceptors (Lipinski definition) is 3. The highest BCUT2D eigenvalue weighted by atomic mass is 16.1. The summed E-state index contributed by atoms with van der Waals surface area (Å²) in [7, 11) is 0. The number of nitrogens with two attached hydrogens (primary N) is 1. The molecule has 0 aliphatic heterocycles. The molecule has 4 heteroatoms. The summed E-state index contributed by atoms with van der Waals surface area (Å²) in [6.07, 6.45) is 4.81. The Morgan fingerprint density at radius 3 is 2.67 bits per heavy atom. The maximum absolute atomic E-state index is 11.4. The van der Waals surface area contributed by atoms with E-state index in [1.807, 2.05) is 0 Å². The number of anilines is 1. The maximum atomic E-state index is 11.4. The van der Waals surface area contributed by atoms with Crippen molar-refractivity contribution in [1.29, 1.82) is 0 Å². The topological polar surface area (TPSA) is 58.4 Å². The number of aryl methyl sites for hydroxylation is 1. The van der Waals surface area contributed by atoms with Crippen molar-refractivity contribution in [2.24, 2.45) is 5.73 Å². The molecule has 21 heavy (non-hydrogen) atoms. The summed E-state index contributed by atoms with van der Waals surface area (Å²) in [4.78, 5) is 13.6. The Balaban J connectivity index is 2.18. The van der Waals surface area contributed by atoms with Crippen molar-refractivity contribution in [2.75, 3.05) is 18.0 Å². The van der Waals surface area contributed by atoms with E-state index >= 15 is 0 Å². The molecule has 4 nitrogen and oxygen atoms in total. The molecule has 1 aromatic rings. The quantitative estimate of drug-likeness (QED) is 0.810. The average molecular weight is 289 g/mol. The van der Waals surface area contributed by atoms with Gasteiger partial charge in [-0.1, -0.05) is 25.8 Å². The molecule has 1 amide bonds. The van der Waals surface area contributed by atoms with Crippen LogP contribution in [0.3, 0.4) is 0 Å². The molecule has 3 N–H and O–H groups in total. The van der Waals surface area contributed by atoms with Crippen molar-refractivity contribution in [1.82, 2.24) is 5.32 Å². The normalized spacial score (nSPS) is 15.3. The predicted octanol–water partition coefficient (Wildman–Crippen LogP) is 2.34. The monoisotopic (exact) mass is 289 g/mol. The van der Waals surface area contributed by atoms with Gasteiger partial charge in [-0.25, -0.2) is 0 Å². The molecule has 0 atom stereocenters. The number of carbonyl (C=O) groups excluding carboxylic acids is 1. The summed E-state index contributed by atoms with van der Waals surface area (Å²) in [6, 6.07) is 6.93. The lowest BCUT2D eigenvalue weighted by Gasteiger charge is -2.30. The summed E-state index contributed by atoms with van der Waals surface area (Å²) in [6.45, 7) is 6.42. The third kappa shape index (κ3) is 4.21. The van der Waals surface area contributed by atoms with Crippen molar-refractivity contribution in [2.45, 2.75) is 52.1 Å². The van der Waals surface area contributed by atoms with E-state index in [0.717, 1.165) is 31.6 Å². The van der Waals surface area contributed by atoms with Crippen LogP contribution in [0.1, 0.15) is 43.7 Å². The molecule has 0 radical (unpaired) electrons. The molecule has 1 aliphatic carbocycles. The molecule has 116 valence electrons. The van der Waals surface area contributed by atoms with E-state index in [1.54, 1.807) is 0 Å². The van der Waals surface area contributed by atoms with Gasteiger partial charge in [0.05, 0.1) is 6.54 Å². The van der Waals surface area contributed by atoms with Crippen LogP contribution in [-0.4, -0.2) is 25.0 Å². The SMILES string of the molecule is CCNCc1ccc(N(CC(N)=O)C2CCCC2)cc1C. The van der Waals surface area contributed by atoms with Gasteiger partial charge < -0.3 is 16.0 Å². The van der Waals surface area contributed by atoms with E-state index in [-0.39, 0.29) is 5.91 Å². The van der Waals surface area contributed by atoms with E-state index < -0.39 is 0 Å². The zero-order valence-electron chi connectivity index (χ0n) is 13.2. The molecule has 1 fully saturated rings. The van der Waals surface area contributed by atoms with Gasteiger partial charge in [0.2, 0.25) is 5.91 Å². The number of benzene rings is 1. The van der Waals surface area contributed by atoms with Crippen molar-refractivity contribution < 1.29 is 4.79 Å². The van der Waals surface area contributed by atoms with Crippen LogP contribution in [0, 0.1) is 6.92 Å². The number of carbonyl (C=O) groups is 1. The molecule has 2 rings (SSSR count). The van der Waals surface area contributed by atoms with Crippen LogP contribution in [0.5, 0.6) is 0 Å². The van der Waals surface area contributed by atoms with E-state index in [0.29, 0.717) is 12.6 Å². The molecule has 1 aliphatic rings. The van der Waals surface area contributed by atoms with Crippen LogP contribution < -0.4 is 16.0 Å². The van der Waals surface area contributed by atoms with Gasteiger partial charge in [-0.05, 0) is 49.6 Å². The number of amides is 1. The van der Waals surface area contributed by atoms with Crippen LogP contribution in [0.2, 0.25) is 0 Å². The van der Waals surface area contributed by atoms with Crippen LogP contribution in [0.15, 0.2) is 18.2 Å². The van der Waals surface area contributed by atoms with Gasteiger partial charge >= 0.3 is 0 Å². The average Bonchev–Trinajstić information content (AvgIpc) is 2.97. The van der Waals surface area contributed by atoms with Crippen LogP contribution in [0.4, 0.5) is 5.69 Å². The Morgan fingerprint density at radius 1 is 1.38 bits per heavy atom. The summed E-state index contributed by atoms with van der Waals surface area (Å²) in [5.41, 5.74) is 9.14. The highest BCUT2D eigenvalue weighted by Gasteiger charge is 2.24. The van der Waals surface area contributed by atoms with Gasteiger partial charge in [-0.2, -0.15) is 0 Å². The molecular weight excluding hydrogens is 262 g/mol. The fourth-order valence-electron chi connectivity index (χ4n) is 3.13. The first kappa shape index (κ1) is 15.8. The van der Waals surface area contributed by atoms with Gasteiger partial charge in [-0.15, -0.1) is 0 Å². The van der Waals surface area contributed by atoms with Gasteiger partial charge in [0.15, 0.2) is 0 Å². The van der Waals surface area contributed by atoms with Gasteiger partial charge in [0.25, 0.3) is 0 Å². The Bertz CT molecular complexity index is 481. The van der Waals surface area contributed by atoms with Crippen molar-refractivity contribution in [3.63, 3.8) is 0 Å². The smallest absolute Gasteiger partial charge is 0.236 e. The molecule has 0 bridgehead atoms. The lowest BCUT2D eigenvalue weighted by molar-refractivity contribution is -0.116. The number of rotatable bonds is 7. The van der Waals surface area contributed by atoms with Crippen molar-refractivity contribution >= 4 is 11.6 Å². The zero-order valence-corrected chi connectivity index (χ0v) is 13.2. The first-order chi connectivity index (χ1) is 10.1. The maximum Gasteiger partial charge on any atom is 0.236 e. The minimum absolute atomic E-state index is 0.253. The Labute approximate surface area is 127 Å². The number of primary amides is 1. The number of nitrogens with zero attached hydrogens (tertiary/aromatic N) is 1. The summed E-state index contributed by atoms with van der Waals surface area (Å²) in [5, 5.41) is 3.35. The Morgan fingerprint density at radius 2 is 2.10 bits per heavy atom. The predicted molar refractivity (Wildman–Crippen MR) is 87.4 cm³/mol. The largest absolute Gasteiger partial charge is 0.368 e. The van der Waals surface area contributed by atoms with E-state index in [1.165, 1.54) is 24.0 Å². The first-order valence-electron chi connectivity index (χ1n) is 7.97. The van der Waals surface area contributed by atoms with E-state index in [9.17, 15) is 4.79 Å². The Hall–Kier alpha value is -1.55. The van der Waals surface area contributed by atoms with Gasteiger partial charge in [0, 0.05) is 18.3 Å². The molecule has 0 unspecified atom stereocenters. The Kier molecular flexibility index (Phi) is 5.62. The first-order valence-corrected chi connectivity index (χ1v) is 7.97. The fraction of sp³-hybridized carbons (Fsp3) is 0.588. The number of nitrogens with one attached hydrogen (secondary N) is 1. The third-order valence-corrected chi connectivity index (χ3v) is 4.31.